The molecule has 2 aromatic rings. The lowest BCUT2D eigenvalue weighted by atomic mass is 10.2. The van der Waals surface area contributed by atoms with Crippen LogP contribution in [0.15, 0.2) is 22.7 Å². The number of hydrogen-bond acceptors (Lipinski definition) is 3. The Hall–Kier alpha value is -1.69. The molecule has 0 spiro atoms. The van der Waals surface area contributed by atoms with Gasteiger partial charge in [0.1, 0.15) is 5.69 Å². The molecule has 0 atom stereocenters. The molecule has 0 fully saturated rings. The number of carboxylic acid groups (broad SMARTS) is 1. The van der Waals surface area contributed by atoms with E-state index in [-0.39, 0.29) is 5.69 Å². The summed E-state index contributed by atoms with van der Waals surface area (Å²) in [6.07, 6.45) is -0.679. The van der Waals surface area contributed by atoms with Crippen molar-refractivity contribution in [2.75, 3.05) is 0 Å². The van der Waals surface area contributed by atoms with Gasteiger partial charge in [-0.25, -0.2) is 4.79 Å². The molecule has 1 aromatic heterocycles. The van der Waals surface area contributed by atoms with Crippen molar-refractivity contribution in [2.24, 2.45) is 0 Å². The summed E-state index contributed by atoms with van der Waals surface area (Å²) in [6.45, 7) is 0. The number of aromatic nitrogens is 2. The Morgan fingerprint density at radius 1 is 1.53 bits per heavy atom. The van der Waals surface area contributed by atoms with Gasteiger partial charge in [-0.05, 0) is 18.2 Å². The summed E-state index contributed by atoms with van der Waals surface area (Å²) in [4.78, 5) is 21.5. The second-order valence-corrected chi connectivity index (χ2v) is 3.77. The Bertz CT molecular complexity index is 562. The molecule has 0 bridgehead atoms. The lowest BCUT2D eigenvalue weighted by molar-refractivity contribution is 0.112. The van der Waals surface area contributed by atoms with Gasteiger partial charge in [0.05, 0.1) is 5.52 Å². The van der Waals surface area contributed by atoms with Crippen molar-refractivity contribution in [3.8, 4) is 0 Å². The van der Waals surface area contributed by atoms with Crippen LogP contribution in [0.5, 0.6) is 0 Å². The highest BCUT2D eigenvalue weighted by Crippen LogP contribution is 2.21. The van der Waals surface area contributed by atoms with E-state index in [9.17, 15) is 9.59 Å². The number of rotatable bonds is 1. The number of hydrogen-bond donors (Lipinski definition) is 1. The number of aldehydes is 1. The smallest absolute Gasteiger partial charge is 0.432 e. The van der Waals surface area contributed by atoms with E-state index >= 15 is 0 Å². The average molecular weight is 269 g/mol. The Labute approximate surface area is 92.4 Å². The first-order chi connectivity index (χ1) is 7.13. The van der Waals surface area contributed by atoms with Crippen molar-refractivity contribution in [3.63, 3.8) is 0 Å². The van der Waals surface area contributed by atoms with E-state index < -0.39 is 6.09 Å². The third-order valence-corrected chi connectivity index (χ3v) is 2.46. The molecular weight excluding hydrogens is 264 g/mol. The monoisotopic (exact) mass is 268 g/mol. The number of halogens is 1. The molecule has 1 heterocycles. The lowest BCUT2D eigenvalue weighted by Gasteiger charge is -1.95. The van der Waals surface area contributed by atoms with Crippen LogP contribution in [-0.4, -0.2) is 27.3 Å². The molecule has 1 aromatic carbocycles. The van der Waals surface area contributed by atoms with Gasteiger partial charge in [0, 0.05) is 9.86 Å². The van der Waals surface area contributed by atoms with Gasteiger partial charge >= 0.3 is 6.09 Å². The molecule has 0 aliphatic carbocycles. The minimum Gasteiger partial charge on any atom is -0.463 e. The minimum absolute atomic E-state index is 0.125. The van der Waals surface area contributed by atoms with Gasteiger partial charge < -0.3 is 5.11 Å². The fourth-order valence-electron chi connectivity index (χ4n) is 1.34. The van der Waals surface area contributed by atoms with E-state index in [4.69, 9.17) is 5.11 Å². The predicted octanol–water partition coefficient (Wildman–Crippen LogP) is 2.14. The molecule has 2 rings (SSSR count). The van der Waals surface area contributed by atoms with Crippen LogP contribution in [0, 0.1) is 0 Å². The van der Waals surface area contributed by atoms with E-state index in [0.717, 1.165) is 9.15 Å². The van der Waals surface area contributed by atoms with Crippen molar-refractivity contribution < 1.29 is 14.7 Å². The number of carbonyl (C=O) groups excluding carboxylic acids is 1. The Morgan fingerprint density at radius 3 is 2.87 bits per heavy atom. The predicted molar refractivity (Wildman–Crippen MR) is 56.2 cm³/mol. The molecule has 0 amide bonds. The molecule has 76 valence electrons. The summed E-state index contributed by atoms with van der Waals surface area (Å²) in [5, 5.41) is 13.1. The summed E-state index contributed by atoms with van der Waals surface area (Å²) in [5.41, 5.74) is 0.513. The molecule has 0 saturated heterocycles. The molecule has 0 radical (unpaired) electrons. The molecule has 0 unspecified atom stereocenters. The largest absolute Gasteiger partial charge is 0.463 e. The maximum atomic E-state index is 10.8. The summed E-state index contributed by atoms with van der Waals surface area (Å²) < 4.78 is 1.51. The third kappa shape index (κ3) is 1.52. The van der Waals surface area contributed by atoms with E-state index in [1.165, 1.54) is 0 Å². The van der Waals surface area contributed by atoms with Crippen LogP contribution in [0.4, 0.5) is 4.79 Å². The molecule has 1 N–H and O–H groups in total. The number of carbonyl (C=O) groups is 2. The van der Waals surface area contributed by atoms with Crippen molar-refractivity contribution in [2.45, 2.75) is 0 Å². The number of nitrogens with zero attached hydrogens (tertiary/aromatic N) is 2. The highest BCUT2D eigenvalue weighted by molar-refractivity contribution is 9.10. The van der Waals surface area contributed by atoms with E-state index in [2.05, 4.69) is 21.0 Å². The van der Waals surface area contributed by atoms with E-state index in [0.29, 0.717) is 17.2 Å². The zero-order valence-corrected chi connectivity index (χ0v) is 8.93. The summed E-state index contributed by atoms with van der Waals surface area (Å²) >= 11 is 3.22. The lowest BCUT2D eigenvalue weighted by Crippen LogP contribution is -2.09. The number of benzene rings is 1. The zero-order chi connectivity index (χ0) is 11.0. The molecule has 15 heavy (non-hydrogen) atoms. The Morgan fingerprint density at radius 2 is 2.27 bits per heavy atom. The van der Waals surface area contributed by atoms with E-state index in [1.54, 1.807) is 18.2 Å². The fourth-order valence-corrected chi connectivity index (χ4v) is 1.69. The van der Waals surface area contributed by atoms with Crippen LogP contribution in [0.25, 0.3) is 10.9 Å². The highest BCUT2D eigenvalue weighted by atomic mass is 79.9. The van der Waals surface area contributed by atoms with Gasteiger partial charge in [0.15, 0.2) is 6.29 Å². The molecular formula is C9H5BrN2O3. The van der Waals surface area contributed by atoms with Gasteiger partial charge in [-0.2, -0.15) is 9.78 Å². The quantitative estimate of drug-likeness (QED) is 0.805. The van der Waals surface area contributed by atoms with Gasteiger partial charge in [0.2, 0.25) is 0 Å². The average Bonchev–Trinajstić information content (AvgIpc) is 2.55. The van der Waals surface area contributed by atoms with E-state index in [1.807, 2.05) is 0 Å². The topological polar surface area (TPSA) is 72.2 Å². The SMILES string of the molecule is O=Cc1nn(C(=O)O)c2cc(Br)ccc12. The van der Waals surface area contributed by atoms with Crippen LogP contribution in [0.1, 0.15) is 10.5 Å². The van der Waals surface area contributed by atoms with Crippen LogP contribution in [-0.2, 0) is 0 Å². The van der Waals surface area contributed by atoms with Crippen molar-refractivity contribution >= 4 is 39.2 Å². The molecule has 6 heteroatoms. The second-order valence-electron chi connectivity index (χ2n) is 2.86. The summed E-state index contributed by atoms with van der Waals surface area (Å²) in [6, 6.07) is 4.97. The maximum Gasteiger partial charge on any atom is 0.432 e. The van der Waals surface area contributed by atoms with Crippen molar-refractivity contribution in [3.05, 3.63) is 28.4 Å². The van der Waals surface area contributed by atoms with Gasteiger partial charge in [-0.1, -0.05) is 15.9 Å². The van der Waals surface area contributed by atoms with Crippen LogP contribution in [0.3, 0.4) is 0 Å². The zero-order valence-electron chi connectivity index (χ0n) is 7.35. The second kappa shape index (κ2) is 3.47. The van der Waals surface area contributed by atoms with Crippen LogP contribution in [0.2, 0.25) is 0 Å². The number of fused-ring (bicyclic) bond motifs is 1. The van der Waals surface area contributed by atoms with Crippen LogP contribution >= 0.6 is 15.9 Å². The molecule has 0 aliphatic rings. The Balaban J connectivity index is 2.87. The van der Waals surface area contributed by atoms with Crippen LogP contribution < -0.4 is 0 Å². The first-order valence-electron chi connectivity index (χ1n) is 4.00. The fraction of sp³-hybridized carbons (Fsp3) is 0. The van der Waals surface area contributed by atoms with Crippen molar-refractivity contribution in [1.82, 2.24) is 9.78 Å². The standard InChI is InChI=1S/C9H5BrN2O3/c10-5-1-2-6-7(4-13)11-12(9(14)15)8(6)3-5/h1-4H,(H,14,15). The molecule has 5 nitrogen and oxygen atoms in total. The molecule has 0 aliphatic heterocycles. The third-order valence-electron chi connectivity index (χ3n) is 1.96. The molecule has 0 saturated carbocycles. The Kier molecular flexibility index (Phi) is 2.28. The first-order valence-corrected chi connectivity index (χ1v) is 4.79. The van der Waals surface area contributed by atoms with Gasteiger partial charge in [-0.3, -0.25) is 4.79 Å². The summed E-state index contributed by atoms with van der Waals surface area (Å²) in [7, 11) is 0. The maximum absolute atomic E-state index is 10.8. The normalized spacial score (nSPS) is 10.5. The summed E-state index contributed by atoms with van der Waals surface area (Å²) in [5.74, 6) is 0. The minimum atomic E-state index is -1.22. The van der Waals surface area contributed by atoms with Gasteiger partial charge in [0.25, 0.3) is 0 Å². The van der Waals surface area contributed by atoms with Gasteiger partial charge in [-0.15, -0.1) is 0 Å². The first kappa shape index (κ1) is 9.85. The van der Waals surface area contributed by atoms with Crippen molar-refractivity contribution in [1.29, 1.82) is 0 Å². The highest BCUT2D eigenvalue weighted by Gasteiger charge is 2.14.